The van der Waals surface area contributed by atoms with Crippen molar-refractivity contribution in [3.8, 4) is 0 Å². The Hall–Kier alpha value is -3.15. The summed E-state index contributed by atoms with van der Waals surface area (Å²) in [5.74, 6) is -4.21. The third kappa shape index (κ3) is 4.91. The molecule has 0 aliphatic carbocycles. The van der Waals surface area contributed by atoms with E-state index in [4.69, 9.17) is 0 Å². The van der Waals surface area contributed by atoms with Crippen molar-refractivity contribution in [1.29, 1.82) is 0 Å². The molecule has 130 valence electrons. The largest absolute Gasteiger partial charge is 0.481 e. The van der Waals surface area contributed by atoms with Crippen molar-refractivity contribution in [3.63, 3.8) is 0 Å². The molecule has 0 amide bonds. The highest BCUT2D eigenvalue weighted by Gasteiger charge is 2.27. The summed E-state index contributed by atoms with van der Waals surface area (Å²) < 4.78 is 13.0. The lowest BCUT2D eigenvalue weighted by Gasteiger charge is -2.14. The van der Waals surface area contributed by atoms with Crippen molar-refractivity contribution in [1.82, 2.24) is 0 Å². The Balaban J connectivity index is 2.34. The number of rotatable bonds is 7. The van der Waals surface area contributed by atoms with Crippen LogP contribution in [0.2, 0.25) is 0 Å². The van der Waals surface area contributed by atoms with Crippen molar-refractivity contribution in [2.24, 2.45) is 5.92 Å². The van der Waals surface area contributed by atoms with Crippen molar-refractivity contribution in [2.75, 3.05) is 12.4 Å². The maximum atomic E-state index is 13.0. The van der Waals surface area contributed by atoms with Crippen molar-refractivity contribution >= 4 is 23.7 Å². The fourth-order valence-electron chi connectivity index (χ4n) is 2.42. The summed E-state index contributed by atoms with van der Waals surface area (Å²) in [6, 6.07) is 12.3. The normalized spacial score (nSPS) is 12.5. The zero-order chi connectivity index (χ0) is 18.4. The molecule has 2 aromatic carbocycles. The van der Waals surface area contributed by atoms with Crippen LogP contribution in [0.15, 0.2) is 54.1 Å². The molecule has 0 saturated carbocycles. The van der Waals surface area contributed by atoms with Gasteiger partial charge in [-0.2, -0.15) is 0 Å². The minimum absolute atomic E-state index is 0.0403. The number of aliphatic carboxylic acids is 2. The monoisotopic (exact) mass is 343 g/mol. The van der Waals surface area contributed by atoms with E-state index in [1.165, 1.54) is 30.3 Å². The van der Waals surface area contributed by atoms with Crippen LogP contribution in [-0.4, -0.2) is 29.2 Å². The zero-order valence-corrected chi connectivity index (χ0v) is 13.6. The first-order valence-corrected chi connectivity index (χ1v) is 7.60. The first-order valence-electron chi connectivity index (χ1n) is 7.60. The first-order chi connectivity index (χ1) is 11.9. The van der Waals surface area contributed by atoms with Crippen molar-refractivity contribution < 1.29 is 24.2 Å². The van der Waals surface area contributed by atoms with Crippen LogP contribution >= 0.6 is 0 Å². The maximum absolute atomic E-state index is 13.0. The van der Waals surface area contributed by atoms with Gasteiger partial charge in [-0.3, -0.25) is 4.79 Å². The van der Waals surface area contributed by atoms with E-state index < -0.39 is 23.7 Å². The molecule has 2 rings (SSSR count). The Morgan fingerprint density at radius 1 is 1.08 bits per heavy atom. The molecule has 1 unspecified atom stereocenters. The number of hydrogen-bond donors (Lipinski definition) is 3. The number of carboxylic acids is 2. The van der Waals surface area contributed by atoms with E-state index in [1.54, 1.807) is 31.3 Å². The average Bonchev–Trinajstić information content (AvgIpc) is 2.59. The smallest absolute Gasteiger partial charge is 0.332 e. The molecule has 1 atom stereocenters. The van der Waals surface area contributed by atoms with Gasteiger partial charge in [0.15, 0.2) is 0 Å². The standard InChI is InChI=1S/C19H18FNO4/c1-21-15-8-4-13(5-9-15)11-17(19(24)25)16(18(22)23)10-12-2-6-14(20)7-3-12/h2-10,17,21H,11H2,1H3,(H,22,23)(H,24,25)/b16-10-. The fraction of sp³-hybridized carbons (Fsp3) is 0.158. The second-order valence-electron chi connectivity index (χ2n) is 5.50. The van der Waals surface area contributed by atoms with E-state index in [2.05, 4.69) is 5.32 Å². The molecule has 2 aromatic rings. The molecule has 0 spiro atoms. The lowest BCUT2D eigenvalue weighted by molar-refractivity contribution is -0.143. The maximum Gasteiger partial charge on any atom is 0.332 e. The summed E-state index contributed by atoms with van der Waals surface area (Å²) >= 11 is 0. The molecule has 5 nitrogen and oxygen atoms in total. The number of carboxylic acid groups (broad SMARTS) is 2. The molecule has 6 heteroatoms. The Morgan fingerprint density at radius 3 is 2.16 bits per heavy atom. The third-order valence-electron chi connectivity index (χ3n) is 3.80. The zero-order valence-electron chi connectivity index (χ0n) is 13.6. The van der Waals surface area contributed by atoms with E-state index in [0.29, 0.717) is 11.1 Å². The summed E-state index contributed by atoms with van der Waals surface area (Å²) in [5, 5.41) is 21.9. The predicted molar refractivity (Wildman–Crippen MR) is 92.8 cm³/mol. The Kier molecular flexibility index (Phi) is 5.89. The highest BCUT2D eigenvalue weighted by molar-refractivity contribution is 5.98. The minimum atomic E-state index is -1.32. The molecular formula is C19H18FNO4. The second kappa shape index (κ2) is 8.10. The lowest BCUT2D eigenvalue weighted by atomic mass is 9.90. The van der Waals surface area contributed by atoms with Crippen molar-refractivity contribution in [3.05, 3.63) is 71.0 Å². The molecule has 0 aromatic heterocycles. The molecule has 0 heterocycles. The fourth-order valence-corrected chi connectivity index (χ4v) is 2.42. The summed E-state index contributed by atoms with van der Waals surface area (Å²) in [5.41, 5.74) is 1.75. The van der Waals surface area contributed by atoms with Gasteiger partial charge in [0.2, 0.25) is 0 Å². The van der Waals surface area contributed by atoms with Crippen LogP contribution in [0.5, 0.6) is 0 Å². The van der Waals surface area contributed by atoms with Crippen LogP contribution in [0.3, 0.4) is 0 Å². The van der Waals surface area contributed by atoms with Gasteiger partial charge in [0.25, 0.3) is 0 Å². The quantitative estimate of drug-likeness (QED) is 0.672. The van der Waals surface area contributed by atoms with Crippen LogP contribution in [0.25, 0.3) is 6.08 Å². The minimum Gasteiger partial charge on any atom is -0.481 e. The number of halogens is 1. The number of nitrogens with one attached hydrogen (secondary N) is 1. The summed E-state index contributed by atoms with van der Waals surface area (Å²) in [6.45, 7) is 0. The van der Waals surface area contributed by atoms with E-state index >= 15 is 0 Å². The van der Waals surface area contributed by atoms with Crippen LogP contribution in [0, 0.1) is 11.7 Å². The Labute approximate surface area is 144 Å². The van der Waals surface area contributed by atoms with Gasteiger partial charge in [0, 0.05) is 12.7 Å². The third-order valence-corrected chi connectivity index (χ3v) is 3.80. The highest BCUT2D eigenvalue weighted by Crippen LogP contribution is 2.22. The van der Waals surface area contributed by atoms with Crippen LogP contribution in [0.4, 0.5) is 10.1 Å². The summed E-state index contributed by atoms with van der Waals surface area (Å²) in [4.78, 5) is 23.2. The van der Waals surface area contributed by atoms with Gasteiger partial charge in [-0.05, 0) is 47.9 Å². The number of carbonyl (C=O) groups is 2. The number of hydrogen-bond acceptors (Lipinski definition) is 3. The van der Waals surface area contributed by atoms with Gasteiger partial charge in [0.1, 0.15) is 5.82 Å². The molecule has 0 aliphatic heterocycles. The Morgan fingerprint density at radius 2 is 1.68 bits per heavy atom. The molecule has 25 heavy (non-hydrogen) atoms. The van der Waals surface area contributed by atoms with E-state index in [0.717, 1.165) is 5.69 Å². The van der Waals surface area contributed by atoms with Gasteiger partial charge in [-0.25, -0.2) is 9.18 Å². The van der Waals surface area contributed by atoms with Crippen LogP contribution < -0.4 is 5.32 Å². The van der Waals surface area contributed by atoms with Crippen LogP contribution in [0.1, 0.15) is 11.1 Å². The lowest BCUT2D eigenvalue weighted by Crippen LogP contribution is -2.23. The van der Waals surface area contributed by atoms with Gasteiger partial charge in [0.05, 0.1) is 11.5 Å². The van der Waals surface area contributed by atoms with E-state index in [1.807, 2.05) is 0 Å². The highest BCUT2D eigenvalue weighted by atomic mass is 19.1. The average molecular weight is 343 g/mol. The molecule has 3 N–H and O–H groups in total. The first kappa shape index (κ1) is 18.2. The topological polar surface area (TPSA) is 86.6 Å². The van der Waals surface area contributed by atoms with Crippen molar-refractivity contribution in [2.45, 2.75) is 6.42 Å². The Bertz CT molecular complexity index is 782. The summed E-state index contributed by atoms with van der Waals surface area (Å²) in [6.07, 6.45) is 1.31. The second-order valence-corrected chi connectivity index (χ2v) is 5.50. The molecule has 0 bridgehead atoms. The molecule has 0 radical (unpaired) electrons. The molecule has 0 fully saturated rings. The molecule has 0 aliphatic rings. The van der Waals surface area contributed by atoms with Gasteiger partial charge >= 0.3 is 11.9 Å². The van der Waals surface area contributed by atoms with Gasteiger partial charge < -0.3 is 15.5 Å². The number of anilines is 1. The van der Waals surface area contributed by atoms with Gasteiger partial charge in [-0.1, -0.05) is 24.3 Å². The van der Waals surface area contributed by atoms with E-state index in [9.17, 15) is 24.2 Å². The van der Waals surface area contributed by atoms with Crippen LogP contribution in [-0.2, 0) is 16.0 Å². The van der Waals surface area contributed by atoms with Gasteiger partial charge in [-0.15, -0.1) is 0 Å². The van der Waals surface area contributed by atoms with E-state index in [-0.39, 0.29) is 12.0 Å². The number of benzene rings is 2. The predicted octanol–water partition coefficient (Wildman–Crippen LogP) is 3.28. The molecule has 0 saturated heterocycles. The molecular weight excluding hydrogens is 325 g/mol. The summed E-state index contributed by atoms with van der Waals surface area (Å²) in [7, 11) is 1.77. The SMILES string of the molecule is CNc1ccc(CC(C(=O)O)/C(=C/c2ccc(F)cc2)C(=O)O)cc1.